The lowest BCUT2D eigenvalue weighted by Gasteiger charge is -2.19. The normalized spacial score (nSPS) is 12.2. The number of amides is 2. The number of nitrogens with zero attached hydrogens (tertiary/aromatic N) is 3. The van der Waals surface area contributed by atoms with Crippen LogP contribution in [0.15, 0.2) is 48.7 Å². The van der Waals surface area contributed by atoms with E-state index in [9.17, 15) is 4.79 Å². The Morgan fingerprint density at radius 2 is 1.92 bits per heavy atom. The predicted molar refractivity (Wildman–Crippen MR) is 100 cm³/mol. The van der Waals surface area contributed by atoms with Gasteiger partial charge in [0.2, 0.25) is 0 Å². The Kier molecular flexibility index (Phi) is 5.36. The zero-order valence-electron chi connectivity index (χ0n) is 15.1. The second kappa shape index (κ2) is 7.86. The molecule has 1 aromatic carbocycles. The van der Waals surface area contributed by atoms with Gasteiger partial charge in [0.05, 0.1) is 13.2 Å². The van der Waals surface area contributed by atoms with Gasteiger partial charge in [-0.25, -0.2) is 4.79 Å². The lowest BCUT2D eigenvalue weighted by Crippen LogP contribution is -2.34. The van der Waals surface area contributed by atoms with Crippen LogP contribution in [0.5, 0.6) is 5.75 Å². The molecule has 0 spiro atoms. The van der Waals surface area contributed by atoms with Crippen molar-refractivity contribution in [2.24, 2.45) is 5.92 Å². The second-order valence-electron chi connectivity index (χ2n) is 6.50. The number of carbonyl (C=O) groups is 1. The van der Waals surface area contributed by atoms with Gasteiger partial charge in [0.1, 0.15) is 5.75 Å². The van der Waals surface area contributed by atoms with Crippen molar-refractivity contribution < 1.29 is 9.53 Å². The van der Waals surface area contributed by atoms with E-state index >= 15 is 0 Å². The minimum absolute atomic E-state index is 0.245. The topological polar surface area (TPSA) is 80.5 Å². The minimum Gasteiger partial charge on any atom is -0.497 e. The summed E-state index contributed by atoms with van der Waals surface area (Å²) in [5.41, 5.74) is 1.45. The molecule has 0 aliphatic carbocycles. The molecule has 2 amide bonds. The standard InChI is InChI=1S/C19H23N5O2/c1-13(2)12-16(18-23-22-17-6-4-5-11-24(17)18)21-19(25)20-14-7-9-15(26-3)10-8-14/h4-11,13,16H,12H2,1-3H3,(H2,20,21,25)/t16-/m0/s1. The van der Waals surface area contributed by atoms with Crippen molar-refractivity contribution in [3.05, 3.63) is 54.5 Å². The van der Waals surface area contributed by atoms with Crippen molar-refractivity contribution in [1.29, 1.82) is 0 Å². The highest BCUT2D eigenvalue weighted by Crippen LogP contribution is 2.21. The van der Waals surface area contributed by atoms with Gasteiger partial charge in [-0.2, -0.15) is 0 Å². The molecule has 0 fully saturated rings. The van der Waals surface area contributed by atoms with E-state index in [1.54, 1.807) is 31.4 Å². The number of hydrogen-bond acceptors (Lipinski definition) is 4. The fraction of sp³-hybridized carbons (Fsp3) is 0.316. The van der Waals surface area contributed by atoms with Crippen LogP contribution in [0, 0.1) is 5.92 Å². The van der Waals surface area contributed by atoms with Crippen LogP contribution in [0.1, 0.15) is 32.1 Å². The predicted octanol–water partition coefficient (Wildman–Crippen LogP) is 3.65. The van der Waals surface area contributed by atoms with Crippen LogP contribution in [-0.2, 0) is 0 Å². The van der Waals surface area contributed by atoms with Crippen LogP contribution in [0.2, 0.25) is 0 Å². The highest BCUT2D eigenvalue weighted by molar-refractivity contribution is 5.89. The van der Waals surface area contributed by atoms with Crippen LogP contribution in [0.25, 0.3) is 5.65 Å². The summed E-state index contributed by atoms with van der Waals surface area (Å²) in [6, 6.07) is 12.4. The van der Waals surface area contributed by atoms with Crippen LogP contribution in [0.4, 0.5) is 10.5 Å². The summed E-state index contributed by atoms with van der Waals surface area (Å²) in [4.78, 5) is 12.5. The van der Waals surface area contributed by atoms with Crippen molar-refractivity contribution in [3.8, 4) is 5.75 Å². The summed E-state index contributed by atoms with van der Waals surface area (Å²) in [5, 5.41) is 14.3. The van der Waals surface area contributed by atoms with E-state index < -0.39 is 0 Å². The molecule has 0 bridgehead atoms. The molecule has 136 valence electrons. The van der Waals surface area contributed by atoms with E-state index in [-0.39, 0.29) is 12.1 Å². The number of fused-ring (bicyclic) bond motifs is 1. The number of aromatic nitrogens is 3. The Labute approximate surface area is 152 Å². The zero-order valence-corrected chi connectivity index (χ0v) is 15.1. The third-order valence-corrected chi connectivity index (χ3v) is 4.01. The molecule has 26 heavy (non-hydrogen) atoms. The van der Waals surface area contributed by atoms with Gasteiger partial charge >= 0.3 is 6.03 Å². The molecule has 3 aromatic rings. The second-order valence-corrected chi connectivity index (χ2v) is 6.50. The molecule has 2 heterocycles. The van der Waals surface area contributed by atoms with Gasteiger partial charge in [-0.3, -0.25) is 4.40 Å². The number of hydrogen-bond donors (Lipinski definition) is 2. The number of pyridine rings is 1. The average molecular weight is 353 g/mol. The summed E-state index contributed by atoms with van der Waals surface area (Å²) < 4.78 is 7.03. The van der Waals surface area contributed by atoms with Crippen molar-refractivity contribution in [2.75, 3.05) is 12.4 Å². The number of rotatable bonds is 6. The van der Waals surface area contributed by atoms with Gasteiger partial charge in [-0.15, -0.1) is 10.2 Å². The van der Waals surface area contributed by atoms with Crippen molar-refractivity contribution >= 4 is 17.4 Å². The first-order chi connectivity index (χ1) is 12.6. The average Bonchev–Trinajstić information content (AvgIpc) is 3.05. The van der Waals surface area contributed by atoms with Gasteiger partial charge in [0, 0.05) is 11.9 Å². The van der Waals surface area contributed by atoms with Crippen LogP contribution < -0.4 is 15.4 Å². The smallest absolute Gasteiger partial charge is 0.319 e. The molecule has 0 saturated heterocycles. The first kappa shape index (κ1) is 17.7. The minimum atomic E-state index is -0.284. The monoisotopic (exact) mass is 353 g/mol. The zero-order chi connectivity index (χ0) is 18.5. The molecule has 0 aliphatic rings. The molecule has 0 aliphatic heterocycles. The van der Waals surface area contributed by atoms with E-state index in [4.69, 9.17) is 4.74 Å². The Hall–Kier alpha value is -3.09. The number of nitrogens with one attached hydrogen (secondary N) is 2. The summed E-state index contributed by atoms with van der Waals surface area (Å²) >= 11 is 0. The summed E-state index contributed by atoms with van der Waals surface area (Å²) in [6.07, 6.45) is 2.66. The molecule has 7 nitrogen and oxygen atoms in total. The Balaban J connectivity index is 1.76. The lowest BCUT2D eigenvalue weighted by atomic mass is 10.0. The molecule has 0 unspecified atom stereocenters. The van der Waals surface area contributed by atoms with Crippen molar-refractivity contribution in [3.63, 3.8) is 0 Å². The molecule has 2 aromatic heterocycles. The SMILES string of the molecule is COc1ccc(NC(=O)N[C@@H](CC(C)C)c2nnc3ccccn23)cc1. The van der Waals surface area contributed by atoms with Crippen LogP contribution in [0.3, 0.4) is 0 Å². The maximum atomic E-state index is 12.5. The van der Waals surface area contributed by atoms with Crippen LogP contribution >= 0.6 is 0 Å². The van der Waals surface area contributed by atoms with Crippen LogP contribution in [-0.4, -0.2) is 27.7 Å². The summed E-state index contributed by atoms with van der Waals surface area (Å²) in [6.45, 7) is 4.22. The number of benzene rings is 1. The maximum Gasteiger partial charge on any atom is 0.319 e. The molecular formula is C19H23N5O2. The van der Waals surface area contributed by atoms with E-state index in [2.05, 4.69) is 34.7 Å². The molecule has 1 atom stereocenters. The molecule has 0 radical (unpaired) electrons. The van der Waals surface area contributed by atoms with Gasteiger partial charge in [0.25, 0.3) is 0 Å². The van der Waals surface area contributed by atoms with Gasteiger partial charge < -0.3 is 15.4 Å². The molecule has 7 heteroatoms. The first-order valence-electron chi connectivity index (χ1n) is 8.58. The third kappa shape index (κ3) is 4.11. The fourth-order valence-corrected chi connectivity index (χ4v) is 2.80. The highest BCUT2D eigenvalue weighted by atomic mass is 16.5. The lowest BCUT2D eigenvalue weighted by molar-refractivity contribution is 0.245. The third-order valence-electron chi connectivity index (χ3n) is 4.01. The Bertz CT molecular complexity index is 873. The molecule has 0 saturated carbocycles. The van der Waals surface area contributed by atoms with E-state index in [1.165, 1.54) is 0 Å². The fourth-order valence-electron chi connectivity index (χ4n) is 2.80. The quantitative estimate of drug-likeness (QED) is 0.709. The highest BCUT2D eigenvalue weighted by Gasteiger charge is 2.21. The van der Waals surface area contributed by atoms with Crippen molar-refractivity contribution in [1.82, 2.24) is 19.9 Å². The van der Waals surface area contributed by atoms with E-state index in [0.29, 0.717) is 11.6 Å². The molecular weight excluding hydrogens is 330 g/mol. The Morgan fingerprint density at radius 3 is 2.62 bits per heavy atom. The largest absolute Gasteiger partial charge is 0.497 e. The van der Waals surface area contributed by atoms with Crippen molar-refractivity contribution in [2.45, 2.75) is 26.3 Å². The summed E-state index contributed by atoms with van der Waals surface area (Å²) in [5.74, 6) is 1.85. The number of carbonyl (C=O) groups excluding carboxylic acids is 1. The van der Waals surface area contributed by atoms with Gasteiger partial charge in [-0.05, 0) is 48.7 Å². The van der Waals surface area contributed by atoms with Gasteiger partial charge in [-0.1, -0.05) is 19.9 Å². The summed E-state index contributed by atoms with van der Waals surface area (Å²) in [7, 11) is 1.61. The number of ether oxygens (including phenoxy) is 1. The molecule has 2 N–H and O–H groups in total. The molecule has 3 rings (SSSR count). The number of urea groups is 1. The first-order valence-corrected chi connectivity index (χ1v) is 8.58. The number of anilines is 1. The van der Waals surface area contributed by atoms with Gasteiger partial charge in [0.15, 0.2) is 11.5 Å². The van der Waals surface area contributed by atoms with E-state index in [0.717, 1.165) is 23.6 Å². The maximum absolute atomic E-state index is 12.5. The number of methoxy groups -OCH3 is 1. The van der Waals surface area contributed by atoms with E-state index in [1.807, 2.05) is 28.8 Å². The Morgan fingerprint density at radius 1 is 1.15 bits per heavy atom.